The smallest absolute Gasteiger partial charge is 0.280 e. The molecule has 31 heavy (non-hydrogen) atoms. The minimum atomic E-state index is -0.195. The molecule has 0 spiro atoms. The molecule has 3 aromatic heterocycles. The van der Waals surface area contributed by atoms with E-state index in [-0.39, 0.29) is 18.0 Å². The number of para-hydroxylation sites is 1. The van der Waals surface area contributed by atoms with Gasteiger partial charge in [-0.3, -0.25) is 9.36 Å². The quantitative estimate of drug-likeness (QED) is 0.490. The van der Waals surface area contributed by atoms with Crippen molar-refractivity contribution in [3.63, 3.8) is 0 Å². The number of nitriles is 1. The number of imidazole rings is 1. The maximum Gasteiger partial charge on any atom is 0.280 e. The number of aromatic nitrogens is 6. The van der Waals surface area contributed by atoms with Crippen molar-refractivity contribution in [1.29, 1.82) is 5.26 Å². The van der Waals surface area contributed by atoms with Gasteiger partial charge in [0.1, 0.15) is 18.9 Å². The van der Waals surface area contributed by atoms with Gasteiger partial charge < -0.3 is 14.0 Å². The fraction of sp³-hybridized carbons (Fsp3) is 0.333. The first-order valence-corrected chi connectivity index (χ1v) is 10.1. The van der Waals surface area contributed by atoms with Crippen LogP contribution in [0.15, 0.2) is 46.2 Å². The Morgan fingerprint density at radius 1 is 1.19 bits per heavy atom. The molecule has 4 aromatic rings. The fourth-order valence-electron chi connectivity index (χ4n) is 4.75. The van der Waals surface area contributed by atoms with E-state index >= 15 is 0 Å². The molecule has 10 nitrogen and oxygen atoms in total. The summed E-state index contributed by atoms with van der Waals surface area (Å²) in [6, 6.07) is 9.96. The largest absolute Gasteiger partial charge is 0.370 e. The number of hydrogen-bond donors (Lipinski definition) is 0. The van der Waals surface area contributed by atoms with Crippen LogP contribution in [-0.4, -0.2) is 42.3 Å². The van der Waals surface area contributed by atoms with Gasteiger partial charge in [-0.25, -0.2) is 9.97 Å². The van der Waals surface area contributed by atoms with Crippen LogP contribution in [0.4, 0.5) is 5.69 Å². The number of aryl methyl sites for hydroxylation is 1. The summed E-state index contributed by atoms with van der Waals surface area (Å²) in [5, 5.41) is 13.5. The van der Waals surface area contributed by atoms with E-state index in [1.54, 1.807) is 17.9 Å². The highest BCUT2D eigenvalue weighted by Gasteiger charge is 2.58. The van der Waals surface area contributed by atoms with Gasteiger partial charge in [-0.05, 0) is 24.0 Å². The normalized spacial score (nSPS) is 21.9. The molecular formula is C21H18N8O2. The minimum absolute atomic E-state index is 0.170. The number of rotatable bonds is 4. The lowest BCUT2D eigenvalue weighted by Crippen LogP contribution is -2.24. The Hall–Kier alpha value is -4.00. The van der Waals surface area contributed by atoms with Crippen LogP contribution in [0, 0.1) is 23.2 Å². The summed E-state index contributed by atoms with van der Waals surface area (Å²) in [5.41, 5.74) is 2.36. The van der Waals surface area contributed by atoms with E-state index in [4.69, 9.17) is 4.52 Å². The Bertz CT molecular complexity index is 1400. The molecule has 2 fully saturated rings. The average molecular weight is 414 g/mol. The van der Waals surface area contributed by atoms with Crippen molar-refractivity contribution in [2.24, 2.45) is 18.9 Å². The van der Waals surface area contributed by atoms with Crippen molar-refractivity contribution in [2.75, 3.05) is 18.0 Å². The van der Waals surface area contributed by atoms with Crippen LogP contribution in [0.1, 0.15) is 23.2 Å². The summed E-state index contributed by atoms with van der Waals surface area (Å²) in [4.78, 5) is 27.8. The highest BCUT2D eigenvalue weighted by Crippen LogP contribution is 2.58. The number of benzene rings is 1. The predicted octanol–water partition coefficient (Wildman–Crippen LogP) is 1.28. The number of hydrogen-bond acceptors (Lipinski definition) is 8. The summed E-state index contributed by atoms with van der Waals surface area (Å²) in [7, 11) is 1.76. The van der Waals surface area contributed by atoms with Crippen LogP contribution in [0.5, 0.6) is 0 Å². The molecule has 10 heteroatoms. The summed E-state index contributed by atoms with van der Waals surface area (Å²) in [6.45, 7) is 1.92. The maximum absolute atomic E-state index is 12.7. The molecule has 6 rings (SSSR count). The van der Waals surface area contributed by atoms with Gasteiger partial charge in [0.2, 0.25) is 5.89 Å². The second-order valence-electron chi connectivity index (χ2n) is 8.14. The Morgan fingerprint density at radius 2 is 1.97 bits per heavy atom. The number of anilines is 1. The third kappa shape index (κ3) is 2.73. The van der Waals surface area contributed by atoms with Gasteiger partial charge in [-0.15, -0.1) is 0 Å². The Morgan fingerprint density at radius 3 is 2.77 bits per heavy atom. The van der Waals surface area contributed by atoms with Crippen LogP contribution in [0.3, 0.4) is 0 Å². The molecule has 0 radical (unpaired) electrons. The number of piperidine rings is 1. The van der Waals surface area contributed by atoms with Gasteiger partial charge in [0.15, 0.2) is 17.0 Å². The van der Waals surface area contributed by atoms with Crippen LogP contribution in [-0.2, 0) is 13.6 Å². The summed E-state index contributed by atoms with van der Waals surface area (Å²) in [5.74, 6) is 2.25. The lowest BCUT2D eigenvalue weighted by atomic mass is 10.1. The molecule has 1 saturated carbocycles. The standard InChI is InChI=1S/C21H18N8O2/c1-27-10-23-20-18(27)21(30)29(11-24-20)9-16-25-19(26-31-16)17-13-7-28(8-14(13)17)15-5-3-2-4-12(15)6-22/h2-5,10-11,13-14,17H,7-9H2,1H3/t13-,14+,17-. The number of fused-ring (bicyclic) bond motifs is 2. The zero-order chi connectivity index (χ0) is 21.1. The molecule has 3 atom stereocenters. The summed E-state index contributed by atoms with van der Waals surface area (Å²) in [6.07, 6.45) is 3.02. The lowest BCUT2D eigenvalue weighted by Gasteiger charge is -2.22. The Kier molecular flexibility index (Phi) is 3.74. The number of nitrogens with zero attached hydrogens (tertiary/aromatic N) is 8. The molecule has 0 bridgehead atoms. The van der Waals surface area contributed by atoms with Crippen molar-refractivity contribution in [2.45, 2.75) is 12.5 Å². The van der Waals surface area contributed by atoms with Gasteiger partial charge in [0.05, 0.1) is 17.6 Å². The van der Waals surface area contributed by atoms with Gasteiger partial charge in [-0.2, -0.15) is 10.2 Å². The monoisotopic (exact) mass is 414 g/mol. The van der Waals surface area contributed by atoms with Crippen LogP contribution in [0.2, 0.25) is 0 Å². The second kappa shape index (κ2) is 6.50. The van der Waals surface area contributed by atoms with Crippen molar-refractivity contribution in [3.05, 3.63) is 64.6 Å². The van der Waals surface area contributed by atoms with Gasteiger partial charge in [-0.1, -0.05) is 17.3 Å². The van der Waals surface area contributed by atoms with E-state index in [1.807, 2.05) is 24.3 Å². The van der Waals surface area contributed by atoms with Gasteiger partial charge in [0.25, 0.3) is 5.56 Å². The van der Waals surface area contributed by atoms with Crippen molar-refractivity contribution < 1.29 is 4.52 Å². The summed E-state index contributed by atoms with van der Waals surface area (Å²) < 4.78 is 8.54. The first-order valence-electron chi connectivity index (χ1n) is 10.1. The van der Waals surface area contributed by atoms with Gasteiger partial charge >= 0.3 is 0 Å². The highest BCUT2D eigenvalue weighted by molar-refractivity contribution is 5.68. The molecule has 4 heterocycles. The predicted molar refractivity (Wildman–Crippen MR) is 109 cm³/mol. The molecule has 0 amide bonds. The SMILES string of the molecule is Cn1cnc2ncn(Cc3nc([C@@H]4[C@@H]5CN(c6ccccc6C#N)C[C@@H]54)no3)c(=O)c21. The second-order valence-corrected chi connectivity index (χ2v) is 8.14. The van der Waals surface area contributed by atoms with E-state index in [0.717, 1.165) is 18.8 Å². The average Bonchev–Trinajstić information content (AvgIpc) is 3.21. The Labute approximate surface area is 176 Å². The zero-order valence-electron chi connectivity index (χ0n) is 16.7. The molecule has 1 saturated heterocycles. The van der Waals surface area contributed by atoms with Crippen molar-refractivity contribution in [1.82, 2.24) is 29.2 Å². The third-order valence-corrected chi connectivity index (χ3v) is 6.35. The van der Waals surface area contributed by atoms with E-state index < -0.39 is 0 Å². The maximum atomic E-state index is 12.7. The molecule has 1 aliphatic heterocycles. The first-order chi connectivity index (χ1) is 15.1. The summed E-state index contributed by atoms with van der Waals surface area (Å²) >= 11 is 0. The van der Waals surface area contributed by atoms with Crippen LogP contribution >= 0.6 is 0 Å². The topological polar surface area (TPSA) is 119 Å². The van der Waals surface area contributed by atoms with E-state index in [9.17, 15) is 10.1 Å². The molecule has 0 unspecified atom stereocenters. The third-order valence-electron chi connectivity index (χ3n) is 6.35. The van der Waals surface area contributed by atoms with Crippen molar-refractivity contribution >= 4 is 16.9 Å². The molecule has 2 aliphatic rings. The van der Waals surface area contributed by atoms with E-state index in [0.29, 0.717) is 40.3 Å². The van der Waals surface area contributed by atoms with E-state index in [1.165, 1.54) is 10.9 Å². The highest BCUT2D eigenvalue weighted by atomic mass is 16.5. The van der Waals surface area contributed by atoms with Crippen LogP contribution in [0.25, 0.3) is 11.2 Å². The van der Waals surface area contributed by atoms with Crippen LogP contribution < -0.4 is 10.5 Å². The van der Waals surface area contributed by atoms with E-state index in [2.05, 4.69) is 31.1 Å². The zero-order valence-corrected chi connectivity index (χ0v) is 16.7. The van der Waals surface area contributed by atoms with Gasteiger partial charge in [0, 0.05) is 26.1 Å². The molecule has 0 N–H and O–H groups in total. The molecule has 1 aromatic carbocycles. The first kappa shape index (κ1) is 17.8. The molecular weight excluding hydrogens is 396 g/mol. The lowest BCUT2D eigenvalue weighted by molar-refractivity contribution is 0.363. The fourth-order valence-corrected chi connectivity index (χ4v) is 4.75. The van der Waals surface area contributed by atoms with Crippen molar-refractivity contribution in [3.8, 4) is 6.07 Å². The Balaban J connectivity index is 1.17. The molecule has 1 aliphatic carbocycles. The molecule has 154 valence electrons. The minimum Gasteiger partial charge on any atom is -0.370 e.